The molecule has 1 heterocycles. The normalized spacial score (nSPS) is 12.1. The van der Waals surface area contributed by atoms with Crippen LogP contribution in [-0.2, 0) is 0 Å². The standard InChI is InChI=1S/C12H10F3NO/c1-7-3-4-8(2)10-9(7)5-6-16(10)11(17)12(13,14)15/h3-6H,1-2H3. The third-order valence-electron chi connectivity index (χ3n) is 2.73. The first kappa shape index (κ1) is 11.7. The van der Waals surface area contributed by atoms with E-state index in [1.165, 1.54) is 12.3 Å². The van der Waals surface area contributed by atoms with E-state index in [1.54, 1.807) is 19.9 Å². The van der Waals surface area contributed by atoms with Gasteiger partial charge >= 0.3 is 12.1 Å². The highest BCUT2D eigenvalue weighted by molar-refractivity contribution is 5.97. The fourth-order valence-corrected chi connectivity index (χ4v) is 1.88. The van der Waals surface area contributed by atoms with Gasteiger partial charge in [0.05, 0.1) is 5.52 Å². The number of benzene rings is 1. The number of alkyl halides is 3. The molecule has 17 heavy (non-hydrogen) atoms. The predicted molar refractivity (Wildman–Crippen MR) is 58.1 cm³/mol. The lowest BCUT2D eigenvalue weighted by molar-refractivity contribution is -0.0943. The molecule has 0 fully saturated rings. The van der Waals surface area contributed by atoms with E-state index in [1.807, 2.05) is 6.07 Å². The van der Waals surface area contributed by atoms with E-state index < -0.39 is 12.1 Å². The second-order valence-corrected chi connectivity index (χ2v) is 3.95. The second kappa shape index (κ2) is 3.61. The zero-order valence-corrected chi connectivity index (χ0v) is 9.30. The van der Waals surface area contributed by atoms with Crippen LogP contribution in [0.15, 0.2) is 24.4 Å². The van der Waals surface area contributed by atoms with Gasteiger partial charge in [-0.2, -0.15) is 13.2 Å². The molecular weight excluding hydrogens is 231 g/mol. The highest BCUT2D eigenvalue weighted by Gasteiger charge is 2.40. The zero-order chi connectivity index (χ0) is 12.8. The van der Waals surface area contributed by atoms with Gasteiger partial charge in [0.25, 0.3) is 0 Å². The maximum absolute atomic E-state index is 12.4. The Morgan fingerprint density at radius 2 is 1.71 bits per heavy atom. The van der Waals surface area contributed by atoms with Crippen molar-refractivity contribution >= 4 is 16.8 Å². The fourth-order valence-electron chi connectivity index (χ4n) is 1.88. The lowest BCUT2D eigenvalue weighted by Crippen LogP contribution is -2.28. The largest absolute Gasteiger partial charge is 0.472 e. The minimum absolute atomic E-state index is 0.326. The summed E-state index contributed by atoms with van der Waals surface area (Å²) in [5.41, 5.74) is 1.82. The molecule has 5 heteroatoms. The summed E-state index contributed by atoms with van der Waals surface area (Å²) in [6.07, 6.45) is -3.69. The molecule has 0 spiro atoms. The Bertz CT molecular complexity index is 596. The van der Waals surface area contributed by atoms with Crippen molar-refractivity contribution in [2.45, 2.75) is 20.0 Å². The lowest BCUT2D eigenvalue weighted by atomic mass is 10.1. The van der Waals surface area contributed by atoms with E-state index in [0.717, 1.165) is 5.56 Å². The molecule has 0 saturated heterocycles. The number of rotatable bonds is 0. The van der Waals surface area contributed by atoms with E-state index in [4.69, 9.17) is 0 Å². The molecule has 0 radical (unpaired) electrons. The summed E-state index contributed by atoms with van der Waals surface area (Å²) in [6, 6.07) is 5.05. The maximum Gasteiger partial charge on any atom is 0.472 e. The molecule has 1 aromatic heterocycles. The van der Waals surface area contributed by atoms with Gasteiger partial charge in [0.1, 0.15) is 0 Å². The Morgan fingerprint density at radius 3 is 2.29 bits per heavy atom. The predicted octanol–water partition coefficient (Wildman–Crippen LogP) is 3.46. The van der Waals surface area contributed by atoms with Crippen molar-refractivity contribution in [3.8, 4) is 0 Å². The molecule has 0 amide bonds. The van der Waals surface area contributed by atoms with Crippen LogP contribution in [0.25, 0.3) is 10.9 Å². The SMILES string of the molecule is Cc1ccc(C)c2c1ccn2C(=O)C(F)(F)F. The van der Waals surface area contributed by atoms with Gasteiger partial charge in [-0.15, -0.1) is 0 Å². The molecule has 0 N–H and O–H groups in total. The highest BCUT2D eigenvalue weighted by Crippen LogP contribution is 2.26. The lowest BCUT2D eigenvalue weighted by Gasteiger charge is -2.09. The van der Waals surface area contributed by atoms with E-state index in [-0.39, 0.29) is 0 Å². The minimum atomic E-state index is -4.86. The number of halogens is 3. The molecule has 0 aliphatic carbocycles. The van der Waals surface area contributed by atoms with E-state index >= 15 is 0 Å². The average Bonchev–Trinajstić information content (AvgIpc) is 2.66. The average molecular weight is 241 g/mol. The number of aryl methyl sites for hydroxylation is 2. The number of fused-ring (bicyclic) bond motifs is 1. The van der Waals surface area contributed by atoms with Gasteiger partial charge in [-0.3, -0.25) is 9.36 Å². The first-order chi connectivity index (χ1) is 7.82. The van der Waals surface area contributed by atoms with Crippen LogP contribution in [-0.4, -0.2) is 16.7 Å². The molecule has 0 aliphatic heterocycles. The number of aromatic nitrogens is 1. The van der Waals surface area contributed by atoms with Crippen LogP contribution in [0.2, 0.25) is 0 Å². The first-order valence-corrected chi connectivity index (χ1v) is 5.01. The van der Waals surface area contributed by atoms with Gasteiger partial charge in [0.2, 0.25) is 0 Å². The molecule has 0 aliphatic rings. The third kappa shape index (κ3) is 1.81. The van der Waals surface area contributed by atoms with Crippen LogP contribution in [0.1, 0.15) is 15.9 Å². The van der Waals surface area contributed by atoms with E-state index in [9.17, 15) is 18.0 Å². The Labute approximate surface area is 95.7 Å². The summed E-state index contributed by atoms with van der Waals surface area (Å²) >= 11 is 0. The molecule has 0 bridgehead atoms. The molecule has 2 nitrogen and oxygen atoms in total. The molecule has 0 atom stereocenters. The van der Waals surface area contributed by atoms with Gasteiger partial charge in [0.15, 0.2) is 0 Å². The molecule has 90 valence electrons. The number of nitrogens with zero attached hydrogens (tertiary/aromatic N) is 1. The molecule has 2 rings (SSSR count). The quantitative estimate of drug-likeness (QED) is 0.692. The van der Waals surface area contributed by atoms with Crippen molar-refractivity contribution in [1.29, 1.82) is 0 Å². The summed E-state index contributed by atoms with van der Waals surface area (Å²) in [5, 5.41) is 0.669. The Kier molecular flexibility index (Phi) is 2.49. The third-order valence-corrected chi connectivity index (χ3v) is 2.73. The van der Waals surface area contributed by atoms with Crippen LogP contribution in [0.3, 0.4) is 0 Å². The maximum atomic E-state index is 12.4. The number of carbonyl (C=O) groups is 1. The van der Waals surface area contributed by atoms with Gasteiger partial charge in [-0.1, -0.05) is 12.1 Å². The molecule has 1 aromatic carbocycles. The summed E-state index contributed by atoms with van der Waals surface area (Å²) in [4.78, 5) is 11.2. The second-order valence-electron chi connectivity index (χ2n) is 3.95. The Morgan fingerprint density at radius 1 is 1.12 bits per heavy atom. The molecule has 0 unspecified atom stereocenters. The zero-order valence-electron chi connectivity index (χ0n) is 9.30. The van der Waals surface area contributed by atoms with Crippen molar-refractivity contribution < 1.29 is 18.0 Å². The number of hydrogen-bond donors (Lipinski definition) is 0. The van der Waals surface area contributed by atoms with E-state index in [2.05, 4.69) is 0 Å². The summed E-state index contributed by atoms with van der Waals surface area (Å²) in [5.74, 6) is -1.86. The Hall–Kier alpha value is -1.78. The van der Waals surface area contributed by atoms with Gasteiger partial charge in [0, 0.05) is 11.6 Å². The van der Waals surface area contributed by atoms with Crippen LogP contribution in [0.5, 0.6) is 0 Å². The monoisotopic (exact) mass is 241 g/mol. The molecule has 2 aromatic rings. The minimum Gasteiger partial charge on any atom is -0.279 e. The summed E-state index contributed by atoms with van der Waals surface area (Å²) < 4.78 is 37.9. The van der Waals surface area contributed by atoms with Gasteiger partial charge < -0.3 is 0 Å². The van der Waals surface area contributed by atoms with Crippen molar-refractivity contribution in [3.63, 3.8) is 0 Å². The summed E-state index contributed by atoms with van der Waals surface area (Å²) in [6.45, 7) is 3.48. The van der Waals surface area contributed by atoms with Crippen LogP contribution >= 0.6 is 0 Å². The Balaban J connectivity index is 2.73. The fraction of sp³-hybridized carbons (Fsp3) is 0.250. The van der Waals surface area contributed by atoms with Gasteiger partial charge in [-0.05, 0) is 31.0 Å². The summed E-state index contributed by atoms with van der Waals surface area (Å²) in [7, 11) is 0. The molecule has 0 saturated carbocycles. The number of hydrogen-bond acceptors (Lipinski definition) is 1. The first-order valence-electron chi connectivity index (χ1n) is 5.01. The van der Waals surface area contributed by atoms with Crippen molar-refractivity contribution in [1.82, 2.24) is 4.57 Å². The number of carbonyl (C=O) groups excluding carboxylic acids is 1. The van der Waals surface area contributed by atoms with Crippen LogP contribution < -0.4 is 0 Å². The van der Waals surface area contributed by atoms with Gasteiger partial charge in [-0.25, -0.2) is 0 Å². The van der Waals surface area contributed by atoms with Crippen molar-refractivity contribution in [3.05, 3.63) is 35.5 Å². The smallest absolute Gasteiger partial charge is 0.279 e. The van der Waals surface area contributed by atoms with Crippen molar-refractivity contribution in [2.75, 3.05) is 0 Å². The van der Waals surface area contributed by atoms with Crippen molar-refractivity contribution in [2.24, 2.45) is 0 Å². The van der Waals surface area contributed by atoms with Crippen LogP contribution in [0, 0.1) is 13.8 Å². The topological polar surface area (TPSA) is 22.0 Å². The molecular formula is C12H10F3NO. The van der Waals surface area contributed by atoms with Crippen LogP contribution in [0.4, 0.5) is 13.2 Å². The van der Waals surface area contributed by atoms with E-state index in [0.29, 0.717) is 21.0 Å². The highest BCUT2D eigenvalue weighted by atomic mass is 19.4.